The monoisotopic (exact) mass is 281 g/mol. The fraction of sp³-hybridized carbons (Fsp3) is 0.231. The highest BCUT2D eigenvalue weighted by atomic mass is 16.5. The standard InChI is InChI=1S/C13H15NO6/c1-20-13(19)9(7-15)14-12(18)5-3-8-2-4-10(16)11(17)6-8/h2-6,9,15-17H,7H2,1H3,(H,14,18)/b5-3+/t9-/m0/s1. The van der Waals surface area contributed by atoms with E-state index in [9.17, 15) is 14.7 Å². The van der Waals surface area contributed by atoms with Crippen LogP contribution in [-0.2, 0) is 14.3 Å². The number of esters is 1. The van der Waals surface area contributed by atoms with Gasteiger partial charge >= 0.3 is 5.97 Å². The van der Waals surface area contributed by atoms with Crippen LogP contribution >= 0.6 is 0 Å². The second kappa shape index (κ2) is 7.15. The maximum absolute atomic E-state index is 11.5. The molecule has 0 saturated heterocycles. The quantitative estimate of drug-likeness (QED) is 0.336. The summed E-state index contributed by atoms with van der Waals surface area (Å²) in [6, 6.07) is 2.90. The van der Waals surface area contributed by atoms with Gasteiger partial charge < -0.3 is 25.4 Å². The number of hydrogen-bond donors (Lipinski definition) is 4. The topological polar surface area (TPSA) is 116 Å². The number of aliphatic hydroxyl groups excluding tert-OH is 1. The molecule has 0 bridgehead atoms. The van der Waals surface area contributed by atoms with Gasteiger partial charge in [-0.25, -0.2) is 4.79 Å². The van der Waals surface area contributed by atoms with Crippen LogP contribution in [-0.4, -0.2) is 47.0 Å². The van der Waals surface area contributed by atoms with E-state index < -0.39 is 24.5 Å². The molecule has 7 heteroatoms. The number of carbonyl (C=O) groups is 2. The van der Waals surface area contributed by atoms with E-state index in [1.54, 1.807) is 0 Å². The van der Waals surface area contributed by atoms with Gasteiger partial charge in [-0.05, 0) is 23.8 Å². The minimum atomic E-state index is -1.13. The van der Waals surface area contributed by atoms with Crippen molar-refractivity contribution in [3.63, 3.8) is 0 Å². The zero-order valence-corrected chi connectivity index (χ0v) is 10.7. The maximum Gasteiger partial charge on any atom is 0.330 e. The van der Waals surface area contributed by atoms with Crippen LogP contribution in [0.25, 0.3) is 6.08 Å². The first-order chi connectivity index (χ1) is 9.47. The molecule has 20 heavy (non-hydrogen) atoms. The second-order valence-electron chi connectivity index (χ2n) is 3.85. The lowest BCUT2D eigenvalue weighted by Crippen LogP contribution is -2.43. The van der Waals surface area contributed by atoms with Crippen LogP contribution in [0.4, 0.5) is 0 Å². The van der Waals surface area contributed by atoms with Gasteiger partial charge in [-0.15, -0.1) is 0 Å². The molecule has 1 aromatic carbocycles. The van der Waals surface area contributed by atoms with Gasteiger partial charge in [0.15, 0.2) is 17.5 Å². The molecule has 108 valence electrons. The van der Waals surface area contributed by atoms with E-state index in [2.05, 4.69) is 10.1 Å². The van der Waals surface area contributed by atoms with Gasteiger partial charge in [0, 0.05) is 6.08 Å². The third-order valence-corrected chi connectivity index (χ3v) is 2.41. The molecule has 1 aromatic rings. The number of phenols is 2. The number of rotatable bonds is 5. The molecule has 0 aliphatic carbocycles. The Hall–Kier alpha value is -2.54. The van der Waals surface area contributed by atoms with Crippen molar-refractivity contribution in [2.45, 2.75) is 6.04 Å². The summed E-state index contributed by atoms with van der Waals surface area (Å²) in [5.41, 5.74) is 0.481. The van der Waals surface area contributed by atoms with Crippen LogP contribution in [0.2, 0.25) is 0 Å². The average molecular weight is 281 g/mol. The van der Waals surface area contributed by atoms with E-state index in [1.165, 1.54) is 24.3 Å². The van der Waals surface area contributed by atoms with Gasteiger partial charge in [0.25, 0.3) is 0 Å². The van der Waals surface area contributed by atoms with Crippen LogP contribution < -0.4 is 5.32 Å². The number of aliphatic hydroxyl groups is 1. The lowest BCUT2D eigenvalue weighted by atomic mass is 10.2. The number of aromatic hydroxyl groups is 2. The predicted octanol–water partition coefficient (Wildman–Crippen LogP) is -0.239. The van der Waals surface area contributed by atoms with Crippen molar-refractivity contribution in [1.29, 1.82) is 0 Å². The van der Waals surface area contributed by atoms with Crippen molar-refractivity contribution in [2.75, 3.05) is 13.7 Å². The Morgan fingerprint density at radius 3 is 2.60 bits per heavy atom. The van der Waals surface area contributed by atoms with Gasteiger partial charge in [-0.2, -0.15) is 0 Å². The molecule has 0 saturated carbocycles. The minimum absolute atomic E-state index is 0.266. The molecule has 0 aliphatic rings. The summed E-state index contributed by atoms with van der Waals surface area (Å²) in [6.45, 7) is -0.577. The Balaban J connectivity index is 2.67. The SMILES string of the molecule is COC(=O)[C@H](CO)NC(=O)/C=C/c1ccc(O)c(O)c1. The van der Waals surface area contributed by atoms with E-state index >= 15 is 0 Å². The molecule has 0 unspecified atom stereocenters. The van der Waals surface area contributed by atoms with Crippen LogP contribution in [0.1, 0.15) is 5.56 Å². The number of ether oxygens (including phenoxy) is 1. The van der Waals surface area contributed by atoms with E-state index in [-0.39, 0.29) is 11.5 Å². The van der Waals surface area contributed by atoms with Crippen LogP contribution in [0, 0.1) is 0 Å². The molecule has 4 N–H and O–H groups in total. The number of carbonyl (C=O) groups excluding carboxylic acids is 2. The molecule has 0 fully saturated rings. The Morgan fingerprint density at radius 1 is 1.35 bits per heavy atom. The molecule has 0 spiro atoms. The van der Waals surface area contributed by atoms with E-state index in [4.69, 9.17) is 10.2 Å². The smallest absolute Gasteiger partial charge is 0.330 e. The van der Waals surface area contributed by atoms with E-state index in [1.807, 2.05) is 0 Å². The largest absolute Gasteiger partial charge is 0.504 e. The van der Waals surface area contributed by atoms with Crippen molar-refractivity contribution in [2.24, 2.45) is 0 Å². The maximum atomic E-state index is 11.5. The molecule has 1 atom stereocenters. The van der Waals surface area contributed by atoms with Crippen LogP contribution in [0.15, 0.2) is 24.3 Å². The minimum Gasteiger partial charge on any atom is -0.504 e. The van der Waals surface area contributed by atoms with E-state index in [0.29, 0.717) is 5.56 Å². The highest BCUT2D eigenvalue weighted by molar-refractivity contribution is 5.94. The number of benzene rings is 1. The first kappa shape index (κ1) is 15.5. The Bertz CT molecular complexity index is 526. The highest BCUT2D eigenvalue weighted by Crippen LogP contribution is 2.25. The lowest BCUT2D eigenvalue weighted by molar-refractivity contribution is -0.145. The van der Waals surface area contributed by atoms with Gasteiger partial charge in [-0.1, -0.05) is 6.07 Å². The average Bonchev–Trinajstić information content (AvgIpc) is 2.45. The second-order valence-corrected chi connectivity index (χ2v) is 3.85. The van der Waals surface area contributed by atoms with Crippen molar-refractivity contribution in [1.82, 2.24) is 5.32 Å². The normalized spacial score (nSPS) is 12.1. The zero-order chi connectivity index (χ0) is 15.1. The van der Waals surface area contributed by atoms with Gasteiger partial charge in [0.05, 0.1) is 13.7 Å². The van der Waals surface area contributed by atoms with Gasteiger partial charge in [-0.3, -0.25) is 4.79 Å². The third-order valence-electron chi connectivity index (χ3n) is 2.41. The van der Waals surface area contributed by atoms with Crippen molar-refractivity contribution >= 4 is 18.0 Å². The van der Waals surface area contributed by atoms with E-state index in [0.717, 1.165) is 13.2 Å². The number of phenolic OH excluding ortho intramolecular Hbond substituents is 2. The zero-order valence-electron chi connectivity index (χ0n) is 10.7. The summed E-state index contributed by atoms with van der Waals surface area (Å²) < 4.78 is 4.40. The van der Waals surface area contributed by atoms with Crippen molar-refractivity contribution in [3.05, 3.63) is 29.8 Å². The predicted molar refractivity (Wildman–Crippen MR) is 69.8 cm³/mol. The summed E-state index contributed by atoms with van der Waals surface area (Å²) in [7, 11) is 1.15. The van der Waals surface area contributed by atoms with Crippen LogP contribution in [0.3, 0.4) is 0 Å². The van der Waals surface area contributed by atoms with Crippen molar-refractivity contribution in [3.8, 4) is 11.5 Å². The number of nitrogens with one attached hydrogen (secondary N) is 1. The van der Waals surface area contributed by atoms with Gasteiger partial charge in [0.1, 0.15) is 0 Å². The number of hydrogen-bond acceptors (Lipinski definition) is 6. The first-order valence-electron chi connectivity index (χ1n) is 5.67. The Labute approximate surface area is 115 Å². The fourth-order valence-electron chi connectivity index (χ4n) is 1.36. The molecule has 1 rings (SSSR count). The van der Waals surface area contributed by atoms with Gasteiger partial charge in [0.2, 0.25) is 5.91 Å². The fourth-order valence-corrected chi connectivity index (χ4v) is 1.36. The molecule has 7 nitrogen and oxygen atoms in total. The molecular weight excluding hydrogens is 266 g/mol. The number of amides is 1. The van der Waals surface area contributed by atoms with Crippen LogP contribution in [0.5, 0.6) is 11.5 Å². The summed E-state index contributed by atoms with van der Waals surface area (Å²) in [5, 5.41) is 29.6. The number of methoxy groups -OCH3 is 1. The molecule has 0 heterocycles. The highest BCUT2D eigenvalue weighted by Gasteiger charge is 2.18. The van der Waals surface area contributed by atoms with Crippen molar-refractivity contribution < 1.29 is 29.6 Å². The molecule has 0 aromatic heterocycles. The first-order valence-corrected chi connectivity index (χ1v) is 5.67. The summed E-state index contributed by atoms with van der Waals surface area (Å²) in [6.07, 6.45) is 2.50. The third kappa shape index (κ3) is 4.29. The summed E-state index contributed by atoms with van der Waals surface area (Å²) in [5.74, 6) is -1.94. The molecule has 0 radical (unpaired) electrons. The molecule has 1 amide bonds. The Kier molecular flexibility index (Phi) is 5.55. The molecule has 0 aliphatic heterocycles. The lowest BCUT2D eigenvalue weighted by Gasteiger charge is -2.11. The summed E-state index contributed by atoms with van der Waals surface area (Å²) in [4.78, 5) is 22.7. The molecular formula is C13H15NO6. The summed E-state index contributed by atoms with van der Waals surface area (Å²) >= 11 is 0. The Morgan fingerprint density at radius 2 is 2.05 bits per heavy atom.